The molecule has 0 radical (unpaired) electrons. The van der Waals surface area contributed by atoms with Gasteiger partial charge in [-0.2, -0.15) is 0 Å². The van der Waals surface area contributed by atoms with Gasteiger partial charge >= 0.3 is 0 Å². The van der Waals surface area contributed by atoms with E-state index < -0.39 is 0 Å². The van der Waals surface area contributed by atoms with Gasteiger partial charge in [0.05, 0.1) is 15.3 Å². The van der Waals surface area contributed by atoms with Crippen LogP contribution in [0.15, 0.2) is 59.5 Å². The SMILES string of the molecule is CCC(=C/N)/C(=N/c1cccc(CC)n1)c1cc2ccncc2s1. The van der Waals surface area contributed by atoms with Crippen molar-refractivity contribution in [3.8, 4) is 0 Å². The van der Waals surface area contributed by atoms with Gasteiger partial charge in [-0.15, -0.1) is 11.3 Å². The van der Waals surface area contributed by atoms with Crippen LogP contribution in [0.4, 0.5) is 5.82 Å². The van der Waals surface area contributed by atoms with Gasteiger partial charge in [0.1, 0.15) is 0 Å². The quantitative estimate of drug-likeness (QED) is 0.691. The van der Waals surface area contributed by atoms with Gasteiger partial charge in [-0.05, 0) is 54.3 Å². The second-order valence-electron chi connectivity index (χ2n) is 5.37. The predicted molar refractivity (Wildman–Crippen MR) is 102 cm³/mol. The van der Waals surface area contributed by atoms with E-state index in [9.17, 15) is 0 Å². The van der Waals surface area contributed by atoms with Crippen molar-refractivity contribution >= 4 is 33.0 Å². The molecule has 0 unspecified atom stereocenters. The summed E-state index contributed by atoms with van der Waals surface area (Å²) in [5, 5.41) is 1.17. The van der Waals surface area contributed by atoms with Crippen LogP contribution in [0.2, 0.25) is 0 Å². The molecule has 2 N–H and O–H groups in total. The molecular formula is C19H20N4S. The van der Waals surface area contributed by atoms with Crippen molar-refractivity contribution in [1.82, 2.24) is 9.97 Å². The van der Waals surface area contributed by atoms with Crippen molar-refractivity contribution in [2.45, 2.75) is 26.7 Å². The molecule has 0 aliphatic rings. The summed E-state index contributed by atoms with van der Waals surface area (Å²) in [5.41, 5.74) is 8.79. The molecule has 0 fully saturated rings. The summed E-state index contributed by atoms with van der Waals surface area (Å²) in [7, 11) is 0. The van der Waals surface area contributed by atoms with E-state index in [2.05, 4.69) is 29.9 Å². The highest BCUT2D eigenvalue weighted by molar-refractivity contribution is 7.21. The van der Waals surface area contributed by atoms with Gasteiger partial charge in [-0.25, -0.2) is 9.98 Å². The Morgan fingerprint density at radius 1 is 1.29 bits per heavy atom. The van der Waals surface area contributed by atoms with Gasteiger partial charge in [0, 0.05) is 18.1 Å². The summed E-state index contributed by atoms with van der Waals surface area (Å²) in [5.74, 6) is 0.715. The Morgan fingerprint density at radius 2 is 2.17 bits per heavy atom. The molecule has 3 aromatic heterocycles. The first-order valence-corrected chi connectivity index (χ1v) is 8.86. The van der Waals surface area contributed by atoms with E-state index in [1.165, 1.54) is 5.39 Å². The number of allylic oxidation sites excluding steroid dienone is 1. The minimum atomic E-state index is 0.715. The zero-order valence-electron chi connectivity index (χ0n) is 13.9. The van der Waals surface area contributed by atoms with Crippen LogP contribution in [-0.2, 0) is 6.42 Å². The molecule has 0 amide bonds. The highest BCUT2D eigenvalue weighted by Crippen LogP contribution is 2.28. The Kier molecular flexibility index (Phi) is 5.01. The van der Waals surface area contributed by atoms with Crippen LogP contribution in [-0.4, -0.2) is 15.7 Å². The van der Waals surface area contributed by atoms with Gasteiger partial charge in [0.25, 0.3) is 0 Å². The average Bonchev–Trinajstić information content (AvgIpc) is 3.06. The molecule has 0 spiro atoms. The molecule has 0 atom stereocenters. The Morgan fingerprint density at radius 3 is 2.88 bits per heavy atom. The number of aryl methyl sites for hydroxylation is 1. The molecule has 5 heteroatoms. The topological polar surface area (TPSA) is 64.2 Å². The lowest BCUT2D eigenvalue weighted by Crippen LogP contribution is -2.05. The molecule has 0 saturated heterocycles. The number of thiophene rings is 1. The van der Waals surface area contributed by atoms with E-state index in [4.69, 9.17) is 10.7 Å². The van der Waals surface area contributed by atoms with Crippen LogP contribution in [0.1, 0.15) is 30.8 Å². The maximum Gasteiger partial charge on any atom is 0.152 e. The summed E-state index contributed by atoms with van der Waals surface area (Å²) in [6, 6.07) is 10.1. The Balaban J connectivity index is 2.14. The van der Waals surface area contributed by atoms with Crippen LogP contribution < -0.4 is 5.73 Å². The largest absolute Gasteiger partial charge is 0.404 e. The second-order valence-corrected chi connectivity index (χ2v) is 6.45. The minimum Gasteiger partial charge on any atom is -0.404 e. The van der Waals surface area contributed by atoms with E-state index in [1.807, 2.05) is 30.5 Å². The fraction of sp³-hybridized carbons (Fsp3) is 0.211. The summed E-state index contributed by atoms with van der Waals surface area (Å²) < 4.78 is 1.14. The summed E-state index contributed by atoms with van der Waals surface area (Å²) in [6.45, 7) is 4.17. The Hall–Kier alpha value is -2.53. The van der Waals surface area contributed by atoms with E-state index >= 15 is 0 Å². The number of fused-ring (bicyclic) bond motifs is 1. The number of nitrogens with zero attached hydrogens (tertiary/aromatic N) is 3. The van der Waals surface area contributed by atoms with Gasteiger partial charge in [0.2, 0.25) is 0 Å². The van der Waals surface area contributed by atoms with E-state index in [0.717, 1.165) is 39.4 Å². The van der Waals surface area contributed by atoms with Crippen LogP contribution >= 0.6 is 11.3 Å². The fourth-order valence-electron chi connectivity index (χ4n) is 2.49. The fourth-order valence-corrected chi connectivity index (χ4v) is 3.55. The average molecular weight is 336 g/mol. The third-order valence-corrected chi connectivity index (χ3v) is 4.92. The third kappa shape index (κ3) is 3.36. The van der Waals surface area contributed by atoms with Crippen molar-refractivity contribution < 1.29 is 0 Å². The van der Waals surface area contributed by atoms with E-state index in [0.29, 0.717) is 5.82 Å². The number of aliphatic imine (C=N–C) groups is 1. The lowest BCUT2D eigenvalue weighted by Gasteiger charge is -2.07. The van der Waals surface area contributed by atoms with E-state index in [-0.39, 0.29) is 0 Å². The number of hydrogen-bond donors (Lipinski definition) is 1. The number of pyridine rings is 2. The van der Waals surface area contributed by atoms with Crippen LogP contribution in [0.5, 0.6) is 0 Å². The standard InChI is InChI=1S/C19H20N4S/c1-3-13(11-20)19(23-18-7-5-6-15(4-2)22-18)16-10-14-8-9-21-12-17(14)24-16/h5-12H,3-4,20H2,1-2H3/b13-11-,23-19-. The Bertz CT molecular complexity index is 875. The molecule has 3 aromatic rings. The zero-order chi connectivity index (χ0) is 16.9. The van der Waals surface area contributed by atoms with E-state index in [1.54, 1.807) is 23.7 Å². The number of aromatic nitrogens is 2. The molecule has 3 heterocycles. The minimum absolute atomic E-state index is 0.715. The monoisotopic (exact) mass is 336 g/mol. The molecule has 122 valence electrons. The zero-order valence-corrected chi connectivity index (χ0v) is 14.7. The normalized spacial score (nSPS) is 12.8. The summed E-state index contributed by atoms with van der Waals surface area (Å²) in [4.78, 5) is 14.7. The Labute approximate surface area is 145 Å². The third-order valence-electron chi connectivity index (χ3n) is 3.82. The molecule has 0 saturated carbocycles. The summed E-state index contributed by atoms with van der Waals surface area (Å²) >= 11 is 1.68. The maximum absolute atomic E-state index is 5.85. The maximum atomic E-state index is 5.85. The first-order chi connectivity index (χ1) is 11.7. The van der Waals surface area contributed by atoms with Gasteiger partial charge < -0.3 is 5.73 Å². The molecule has 4 nitrogen and oxygen atoms in total. The number of hydrogen-bond acceptors (Lipinski definition) is 5. The highest BCUT2D eigenvalue weighted by Gasteiger charge is 2.13. The second kappa shape index (κ2) is 7.36. The smallest absolute Gasteiger partial charge is 0.152 e. The lowest BCUT2D eigenvalue weighted by atomic mass is 10.1. The van der Waals surface area contributed by atoms with Gasteiger partial charge in [-0.1, -0.05) is 19.9 Å². The molecular weight excluding hydrogens is 316 g/mol. The summed E-state index contributed by atoms with van der Waals surface area (Å²) in [6.07, 6.45) is 7.04. The van der Waals surface area contributed by atoms with Gasteiger partial charge in [0.15, 0.2) is 5.82 Å². The molecule has 0 aliphatic heterocycles. The van der Waals surface area contributed by atoms with Crippen molar-refractivity contribution in [3.05, 3.63) is 65.1 Å². The van der Waals surface area contributed by atoms with Crippen molar-refractivity contribution in [1.29, 1.82) is 0 Å². The number of nitrogens with two attached hydrogens (primary N) is 1. The van der Waals surface area contributed by atoms with Crippen LogP contribution in [0.25, 0.3) is 10.1 Å². The van der Waals surface area contributed by atoms with Crippen LogP contribution in [0, 0.1) is 0 Å². The lowest BCUT2D eigenvalue weighted by molar-refractivity contribution is 1.03. The van der Waals surface area contributed by atoms with Crippen molar-refractivity contribution in [2.75, 3.05) is 0 Å². The first-order valence-electron chi connectivity index (χ1n) is 8.04. The molecule has 0 bridgehead atoms. The number of rotatable bonds is 5. The van der Waals surface area contributed by atoms with Gasteiger partial charge in [-0.3, -0.25) is 4.98 Å². The molecule has 3 rings (SSSR count). The van der Waals surface area contributed by atoms with Crippen molar-refractivity contribution in [2.24, 2.45) is 10.7 Å². The first kappa shape index (κ1) is 16.3. The molecule has 0 aliphatic carbocycles. The molecule has 0 aromatic carbocycles. The van der Waals surface area contributed by atoms with Crippen LogP contribution in [0.3, 0.4) is 0 Å². The van der Waals surface area contributed by atoms with Crippen molar-refractivity contribution in [3.63, 3.8) is 0 Å². The molecule has 24 heavy (non-hydrogen) atoms. The highest BCUT2D eigenvalue weighted by atomic mass is 32.1. The predicted octanol–water partition coefficient (Wildman–Crippen LogP) is 4.63.